The number of carbonyl (C=O) groups is 1. The highest BCUT2D eigenvalue weighted by Gasteiger charge is 2.25. The molecule has 0 aliphatic heterocycles. The molecule has 110 valence electrons. The van der Waals surface area contributed by atoms with Crippen LogP contribution in [0.4, 0.5) is 5.82 Å². The largest absolute Gasteiger partial charge is 0.476 e. The van der Waals surface area contributed by atoms with Gasteiger partial charge >= 0.3 is 0 Å². The summed E-state index contributed by atoms with van der Waals surface area (Å²) in [6.45, 7) is 0.617. The number of rotatable bonds is 5. The van der Waals surface area contributed by atoms with Gasteiger partial charge in [0, 0.05) is 18.8 Å². The van der Waals surface area contributed by atoms with Crippen LogP contribution in [0.25, 0.3) is 10.6 Å². The lowest BCUT2D eigenvalue weighted by Crippen LogP contribution is -2.17. The van der Waals surface area contributed by atoms with E-state index in [0.29, 0.717) is 34.1 Å². The molecular weight excluding hydrogens is 288 g/mol. The van der Waals surface area contributed by atoms with Crippen molar-refractivity contribution in [1.29, 1.82) is 0 Å². The topological polar surface area (TPSA) is 90.1 Å². The van der Waals surface area contributed by atoms with Crippen LogP contribution in [0.15, 0.2) is 18.3 Å². The van der Waals surface area contributed by atoms with E-state index in [1.54, 1.807) is 19.3 Å². The van der Waals surface area contributed by atoms with Gasteiger partial charge in [0.1, 0.15) is 10.8 Å². The van der Waals surface area contributed by atoms with Crippen LogP contribution in [-0.4, -0.2) is 29.5 Å². The predicted octanol–water partition coefficient (Wildman–Crippen LogP) is 1.94. The highest BCUT2D eigenvalue weighted by Crippen LogP contribution is 2.35. The van der Waals surface area contributed by atoms with Crippen molar-refractivity contribution in [3.63, 3.8) is 0 Å². The molecule has 21 heavy (non-hydrogen) atoms. The summed E-state index contributed by atoms with van der Waals surface area (Å²) < 4.78 is 5.71. The first-order valence-electron chi connectivity index (χ1n) is 6.75. The van der Waals surface area contributed by atoms with Crippen molar-refractivity contribution in [2.75, 3.05) is 19.4 Å². The summed E-state index contributed by atoms with van der Waals surface area (Å²) in [5, 5.41) is 3.32. The number of pyridine rings is 1. The second-order valence-electron chi connectivity index (χ2n) is 4.96. The fourth-order valence-corrected chi connectivity index (χ4v) is 2.80. The van der Waals surface area contributed by atoms with Gasteiger partial charge in [-0.1, -0.05) is 0 Å². The van der Waals surface area contributed by atoms with Crippen LogP contribution in [-0.2, 0) is 0 Å². The Morgan fingerprint density at radius 2 is 2.38 bits per heavy atom. The van der Waals surface area contributed by atoms with Crippen LogP contribution in [0, 0.1) is 5.92 Å². The van der Waals surface area contributed by atoms with Crippen LogP contribution < -0.4 is 15.8 Å². The number of aromatic nitrogens is 2. The molecule has 1 aliphatic carbocycles. The SMILES string of the molecule is CNC(=O)c1sc(-c2ccnc(N)c2)nc1OCC1CC1. The van der Waals surface area contributed by atoms with Crippen molar-refractivity contribution in [2.24, 2.45) is 5.92 Å². The molecule has 0 bridgehead atoms. The third-order valence-corrected chi connectivity index (χ3v) is 4.29. The van der Waals surface area contributed by atoms with Gasteiger partial charge in [-0.2, -0.15) is 0 Å². The first-order valence-corrected chi connectivity index (χ1v) is 7.56. The summed E-state index contributed by atoms with van der Waals surface area (Å²) in [5.41, 5.74) is 6.52. The molecule has 0 saturated heterocycles. The number of amides is 1. The normalized spacial score (nSPS) is 14.0. The molecule has 2 aromatic heterocycles. The van der Waals surface area contributed by atoms with Crippen LogP contribution in [0.2, 0.25) is 0 Å². The van der Waals surface area contributed by atoms with Gasteiger partial charge in [-0.15, -0.1) is 11.3 Å². The minimum absolute atomic E-state index is 0.188. The zero-order chi connectivity index (χ0) is 14.8. The molecule has 0 aromatic carbocycles. The minimum Gasteiger partial charge on any atom is -0.476 e. The Morgan fingerprint density at radius 1 is 1.57 bits per heavy atom. The molecule has 0 atom stereocenters. The van der Waals surface area contributed by atoms with Crippen LogP contribution in [0.3, 0.4) is 0 Å². The van der Waals surface area contributed by atoms with E-state index in [1.807, 2.05) is 6.07 Å². The highest BCUT2D eigenvalue weighted by atomic mass is 32.1. The number of carbonyl (C=O) groups excluding carboxylic acids is 1. The van der Waals surface area contributed by atoms with E-state index in [4.69, 9.17) is 10.5 Å². The lowest BCUT2D eigenvalue weighted by atomic mass is 10.3. The molecule has 6 nitrogen and oxygen atoms in total. The quantitative estimate of drug-likeness (QED) is 0.881. The van der Waals surface area contributed by atoms with Gasteiger partial charge in [0.25, 0.3) is 5.91 Å². The fourth-order valence-electron chi connectivity index (χ4n) is 1.85. The maximum atomic E-state index is 11.9. The molecule has 2 aromatic rings. The molecule has 0 radical (unpaired) electrons. The van der Waals surface area contributed by atoms with Crippen molar-refractivity contribution >= 4 is 23.1 Å². The Labute approximate surface area is 126 Å². The van der Waals surface area contributed by atoms with E-state index in [-0.39, 0.29) is 5.91 Å². The van der Waals surface area contributed by atoms with Gasteiger partial charge in [-0.25, -0.2) is 9.97 Å². The first kappa shape index (κ1) is 13.8. The molecule has 1 aliphatic rings. The van der Waals surface area contributed by atoms with Gasteiger partial charge in [-0.3, -0.25) is 4.79 Å². The van der Waals surface area contributed by atoms with E-state index in [1.165, 1.54) is 24.2 Å². The summed E-state index contributed by atoms with van der Waals surface area (Å²) in [5.74, 6) is 1.23. The van der Waals surface area contributed by atoms with Crippen molar-refractivity contribution in [3.8, 4) is 16.5 Å². The van der Waals surface area contributed by atoms with Crippen molar-refractivity contribution in [1.82, 2.24) is 15.3 Å². The summed E-state index contributed by atoms with van der Waals surface area (Å²) in [7, 11) is 1.59. The summed E-state index contributed by atoms with van der Waals surface area (Å²) in [4.78, 5) is 20.8. The smallest absolute Gasteiger partial charge is 0.266 e. The molecule has 0 unspecified atom stereocenters. The van der Waals surface area contributed by atoms with E-state index in [9.17, 15) is 4.79 Å². The number of ether oxygens (including phenoxy) is 1. The number of nitrogens with two attached hydrogens (primary N) is 1. The number of anilines is 1. The Balaban J connectivity index is 1.91. The summed E-state index contributed by atoms with van der Waals surface area (Å²) in [6, 6.07) is 3.55. The number of nitrogens with one attached hydrogen (secondary N) is 1. The molecule has 1 amide bonds. The average molecular weight is 304 g/mol. The zero-order valence-corrected chi connectivity index (χ0v) is 12.4. The monoisotopic (exact) mass is 304 g/mol. The van der Waals surface area contributed by atoms with E-state index >= 15 is 0 Å². The zero-order valence-electron chi connectivity index (χ0n) is 11.6. The van der Waals surface area contributed by atoms with Crippen molar-refractivity contribution in [2.45, 2.75) is 12.8 Å². The predicted molar refractivity (Wildman–Crippen MR) is 81.4 cm³/mol. The maximum absolute atomic E-state index is 11.9. The number of nitrogen functional groups attached to an aromatic ring is 1. The first-order chi connectivity index (χ1) is 10.2. The lowest BCUT2D eigenvalue weighted by Gasteiger charge is -2.03. The van der Waals surface area contributed by atoms with Crippen LogP contribution in [0.1, 0.15) is 22.5 Å². The fraction of sp³-hybridized carbons (Fsp3) is 0.357. The van der Waals surface area contributed by atoms with Crippen LogP contribution in [0.5, 0.6) is 5.88 Å². The van der Waals surface area contributed by atoms with Crippen LogP contribution >= 0.6 is 11.3 Å². The van der Waals surface area contributed by atoms with Gasteiger partial charge in [-0.05, 0) is 30.9 Å². The third-order valence-electron chi connectivity index (χ3n) is 3.21. The Bertz CT molecular complexity index is 667. The molecule has 2 heterocycles. The Hall–Kier alpha value is -2.15. The highest BCUT2D eigenvalue weighted by molar-refractivity contribution is 7.17. The van der Waals surface area contributed by atoms with E-state index in [2.05, 4.69) is 15.3 Å². The van der Waals surface area contributed by atoms with E-state index in [0.717, 1.165) is 5.56 Å². The second kappa shape index (κ2) is 5.69. The number of thiazole rings is 1. The molecular formula is C14H16N4O2S. The maximum Gasteiger partial charge on any atom is 0.266 e. The number of hydrogen-bond donors (Lipinski definition) is 2. The van der Waals surface area contributed by atoms with Gasteiger partial charge in [0.05, 0.1) is 6.61 Å². The second-order valence-corrected chi connectivity index (χ2v) is 5.96. The standard InChI is InChI=1S/C14H16N4O2S/c1-16-12(19)11-13(20-7-8-2-3-8)18-14(21-11)9-4-5-17-10(15)6-9/h4-6,8H,2-3,7H2,1H3,(H2,15,17)(H,16,19). The third kappa shape index (κ3) is 3.13. The Morgan fingerprint density at radius 3 is 3.05 bits per heavy atom. The molecule has 3 rings (SSSR count). The van der Waals surface area contributed by atoms with Gasteiger partial charge < -0.3 is 15.8 Å². The Kier molecular flexibility index (Phi) is 3.74. The molecule has 7 heteroatoms. The van der Waals surface area contributed by atoms with Gasteiger partial charge in [0.15, 0.2) is 4.88 Å². The molecule has 3 N–H and O–H groups in total. The lowest BCUT2D eigenvalue weighted by molar-refractivity contribution is 0.0962. The van der Waals surface area contributed by atoms with Gasteiger partial charge in [0.2, 0.25) is 5.88 Å². The van der Waals surface area contributed by atoms with Crippen molar-refractivity contribution in [3.05, 3.63) is 23.2 Å². The number of nitrogens with zero attached hydrogens (tertiary/aromatic N) is 2. The summed E-state index contributed by atoms with van der Waals surface area (Å²) in [6.07, 6.45) is 4.00. The van der Waals surface area contributed by atoms with E-state index < -0.39 is 0 Å². The minimum atomic E-state index is -0.188. The number of hydrogen-bond acceptors (Lipinski definition) is 6. The average Bonchev–Trinajstić information content (AvgIpc) is 3.22. The van der Waals surface area contributed by atoms with Crippen molar-refractivity contribution < 1.29 is 9.53 Å². The summed E-state index contributed by atoms with van der Waals surface area (Å²) >= 11 is 1.29. The molecule has 1 fully saturated rings. The molecule has 0 spiro atoms. The molecule has 1 saturated carbocycles.